The Balaban J connectivity index is 1.85. The second kappa shape index (κ2) is 10.5. The number of aliphatic carboxylic acids is 1. The van der Waals surface area contributed by atoms with Crippen LogP contribution in [0, 0.1) is 11.2 Å². The molecule has 174 valence electrons. The van der Waals surface area contributed by atoms with Gasteiger partial charge in [-0.15, -0.1) is 0 Å². The summed E-state index contributed by atoms with van der Waals surface area (Å²) >= 11 is 0. The summed E-state index contributed by atoms with van der Waals surface area (Å²) in [6, 6.07) is 18.3. The molecule has 0 bridgehead atoms. The molecule has 4 nitrogen and oxygen atoms in total. The van der Waals surface area contributed by atoms with Crippen molar-refractivity contribution in [1.82, 2.24) is 0 Å². The zero-order chi connectivity index (χ0) is 24.0. The van der Waals surface area contributed by atoms with Crippen LogP contribution in [-0.4, -0.2) is 18.2 Å². The third kappa shape index (κ3) is 7.07. The van der Waals surface area contributed by atoms with E-state index in [1.165, 1.54) is 6.07 Å². The van der Waals surface area contributed by atoms with Crippen molar-refractivity contribution in [3.05, 3.63) is 83.2 Å². The Morgan fingerprint density at radius 1 is 0.939 bits per heavy atom. The van der Waals surface area contributed by atoms with Gasteiger partial charge in [0.05, 0.1) is 7.11 Å². The minimum atomic E-state index is -0.810. The van der Waals surface area contributed by atoms with E-state index >= 15 is 0 Å². The molecule has 0 unspecified atom stereocenters. The molecule has 33 heavy (non-hydrogen) atoms. The first kappa shape index (κ1) is 24.3. The van der Waals surface area contributed by atoms with Crippen LogP contribution in [0.5, 0.6) is 11.5 Å². The van der Waals surface area contributed by atoms with Gasteiger partial charge < -0.3 is 14.6 Å². The molecular weight excluding hydrogens is 419 g/mol. The van der Waals surface area contributed by atoms with Crippen LogP contribution in [-0.2, 0) is 24.2 Å². The first-order chi connectivity index (χ1) is 15.6. The van der Waals surface area contributed by atoms with Gasteiger partial charge in [0.1, 0.15) is 23.9 Å². The topological polar surface area (TPSA) is 55.8 Å². The van der Waals surface area contributed by atoms with Crippen molar-refractivity contribution >= 4 is 5.97 Å². The molecule has 3 rings (SSSR count). The van der Waals surface area contributed by atoms with Crippen molar-refractivity contribution < 1.29 is 23.8 Å². The van der Waals surface area contributed by atoms with Gasteiger partial charge in [-0.05, 0) is 70.8 Å². The fraction of sp³-hybridized carbons (Fsp3) is 0.321. The van der Waals surface area contributed by atoms with E-state index in [2.05, 4.69) is 20.8 Å². The largest absolute Gasteiger partial charge is 0.497 e. The van der Waals surface area contributed by atoms with Crippen LogP contribution in [0.1, 0.15) is 43.9 Å². The molecule has 5 heteroatoms. The van der Waals surface area contributed by atoms with Crippen LogP contribution in [0.15, 0.2) is 60.7 Å². The predicted octanol–water partition coefficient (Wildman–Crippen LogP) is 6.69. The van der Waals surface area contributed by atoms with Gasteiger partial charge in [-0.25, -0.2) is 4.39 Å². The number of carboxylic acids is 1. The Morgan fingerprint density at radius 2 is 1.67 bits per heavy atom. The quantitative estimate of drug-likeness (QED) is 0.395. The van der Waals surface area contributed by atoms with Crippen molar-refractivity contribution in [2.24, 2.45) is 5.41 Å². The molecule has 0 saturated carbocycles. The van der Waals surface area contributed by atoms with Crippen molar-refractivity contribution in [3.8, 4) is 22.6 Å². The minimum absolute atomic E-state index is 0.00118. The van der Waals surface area contributed by atoms with Crippen molar-refractivity contribution in [2.45, 2.75) is 46.6 Å². The normalized spacial score (nSPS) is 11.3. The second-order valence-electron chi connectivity index (χ2n) is 9.40. The Bertz CT molecular complexity index is 1120. The van der Waals surface area contributed by atoms with E-state index in [-0.39, 0.29) is 17.7 Å². The molecule has 1 N–H and O–H groups in total. The summed E-state index contributed by atoms with van der Waals surface area (Å²) in [7, 11) is 1.57. The molecule has 0 spiro atoms. The average molecular weight is 451 g/mol. The van der Waals surface area contributed by atoms with E-state index in [0.29, 0.717) is 30.1 Å². The molecule has 0 fully saturated rings. The van der Waals surface area contributed by atoms with E-state index < -0.39 is 5.97 Å². The Labute approximate surface area is 195 Å². The highest BCUT2D eigenvalue weighted by Crippen LogP contribution is 2.35. The highest BCUT2D eigenvalue weighted by Gasteiger charge is 2.18. The lowest BCUT2D eigenvalue weighted by atomic mass is 9.84. The number of aryl methyl sites for hydroxylation is 1. The summed E-state index contributed by atoms with van der Waals surface area (Å²) in [6.07, 6.45) is 1.34. The van der Waals surface area contributed by atoms with Crippen LogP contribution < -0.4 is 9.47 Å². The van der Waals surface area contributed by atoms with Crippen LogP contribution in [0.25, 0.3) is 11.1 Å². The van der Waals surface area contributed by atoms with Crippen LogP contribution in [0.2, 0.25) is 0 Å². The number of hydrogen-bond donors (Lipinski definition) is 1. The fourth-order valence-electron chi connectivity index (χ4n) is 3.77. The van der Waals surface area contributed by atoms with Gasteiger partial charge in [-0.1, -0.05) is 51.1 Å². The Morgan fingerprint density at radius 3 is 2.36 bits per heavy atom. The SMILES string of the molecule is COc1ccc(F)c(-c2ccc(OCc3cccc(CCC(=O)O)c3)cc2CC(C)(C)C)c1. The maximum absolute atomic E-state index is 14.7. The fourth-order valence-corrected chi connectivity index (χ4v) is 3.77. The summed E-state index contributed by atoms with van der Waals surface area (Å²) < 4.78 is 26.1. The van der Waals surface area contributed by atoms with E-state index in [1.54, 1.807) is 19.2 Å². The maximum Gasteiger partial charge on any atom is 0.303 e. The summed E-state index contributed by atoms with van der Waals surface area (Å²) in [4.78, 5) is 10.8. The third-order valence-electron chi connectivity index (χ3n) is 5.29. The molecule has 0 amide bonds. The standard InChI is InChI=1S/C28H31FO4/c1-28(2,3)17-21-15-23(9-11-24(21)25-16-22(32-4)10-12-26(25)29)33-18-20-7-5-6-19(14-20)8-13-27(30)31/h5-7,9-12,14-16H,8,13,17-18H2,1-4H3,(H,30,31). The number of rotatable bonds is 9. The maximum atomic E-state index is 14.7. The number of ether oxygens (including phenoxy) is 2. The van der Waals surface area contributed by atoms with Gasteiger partial charge in [0.2, 0.25) is 0 Å². The average Bonchev–Trinajstić information content (AvgIpc) is 2.76. The van der Waals surface area contributed by atoms with Crippen LogP contribution >= 0.6 is 0 Å². The van der Waals surface area contributed by atoms with E-state index in [4.69, 9.17) is 14.6 Å². The van der Waals surface area contributed by atoms with Crippen molar-refractivity contribution in [1.29, 1.82) is 0 Å². The van der Waals surface area contributed by atoms with Gasteiger partial charge in [0.25, 0.3) is 0 Å². The smallest absolute Gasteiger partial charge is 0.303 e. The second-order valence-corrected chi connectivity index (χ2v) is 9.40. The molecule has 0 atom stereocenters. The molecular formula is C28H31FO4. The van der Waals surface area contributed by atoms with E-state index in [0.717, 1.165) is 28.7 Å². The number of carboxylic acid groups (broad SMARTS) is 1. The van der Waals surface area contributed by atoms with Gasteiger partial charge in [-0.3, -0.25) is 4.79 Å². The monoisotopic (exact) mass is 450 g/mol. The van der Waals surface area contributed by atoms with E-state index in [1.807, 2.05) is 42.5 Å². The van der Waals surface area contributed by atoms with E-state index in [9.17, 15) is 9.18 Å². The van der Waals surface area contributed by atoms with Gasteiger partial charge in [0.15, 0.2) is 0 Å². The van der Waals surface area contributed by atoms with Gasteiger partial charge in [0, 0.05) is 12.0 Å². The summed E-state index contributed by atoms with van der Waals surface area (Å²) in [5, 5.41) is 8.90. The van der Waals surface area contributed by atoms with Crippen LogP contribution in [0.4, 0.5) is 4.39 Å². The highest BCUT2D eigenvalue weighted by atomic mass is 19.1. The molecule has 3 aromatic carbocycles. The number of carbonyl (C=O) groups is 1. The lowest BCUT2D eigenvalue weighted by Gasteiger charge is -2.22. The molecule has 0 saturated heterocycles. The third-order valence-corrected chi connectivity index (χ3v) is 5.29. The Kier molecular flexibility index (Phi) is 7.75. The molecule has 0 radical (unpaired) electrons. The zero-order valence-electron chi connectivity index (χ0n) is 19.7. The molecule has 0 aliphatic carbocycles. The van der Waals surface area contributed by atoms with Crippen LogP contribution in [0.3, 0.4) is 0 Å². The number of halogens is 1. The molecule has 0 aliphatic rings. The summed E-state index contributed by atoms with van der Waals surface area (Å²) in [5.74, 6) is 0.210. The first-order valence-electron chi connectivity index (χ1n) is 11.0. The molecule has 3 aromatic rings. The first-order valence-corrected chi connectivity index (χ1v) is 11.0. The van der Waals surface area contributed by atoms with Gasteiger partial charge >= 0.3 is 5.97 Å². The predicted molar refractivity (Wildman–Crippen MR) is 128 cm³/mol. The Hall–Kier alpha value is -3.34. The zero-order valence-corrected chi connectivity index (χ0v) is 19.7. The van der Waals surface area contributed by atoms with Crippen molar-refractivity contribution in [3.63, 3.8) is 0 Å². The van der Waals surface area contributed by atoms with Crippen molar-refractivity contribution in [2.75, 3.05) is 7.11 Å². The molecule has 0 aliphatic heterocycles. The lowest BCUT2D eigenvalue weighted by Crippen LogP contribution is -2.10. The summed E-state index contributed by atoms with van der Waals surface area (Å²) in [5.41, 5.74) is 4.27. The number of hydrogen-bond acceptors (Lipinski definition) is 3. The number of benzene rings is 3. The minimum Gasteiger partial charge on any atom is -0.497 e. The highest BCUT2D eigenvalue weighted by molar-refractivity contribution is 5.70. The van der Waals surface area contributed by atoms with Gasteiger partial charge in [-0.2, -0.15) is 0 Å². The lowest BCUT2D eigenvalue weighted by molar-refractivity contribution is -0.136. The molecule has 0 heterocycles. The summed E-state index contributed by atoms with van der Waals surface area (Å²) in [6.45, 7) is 6.81. The molecule has 0 aromatic heterocycles. The number of methoxy groups -OCH3 is 1.